The number of pyridine rings is 1. The van der Waals surface area contributed by atoms with Gasteiger partial charge in [-0.3, -0.25) is 9.78 Å². The van der Waals surface area contributed by atoms with Gasteiger partial charge in [0.15, 0.2) is 0 Å². The monoisotopic (exact) mass is 519 g/mol. The van der Waals surface area contributed by atoms with Gasteiger partial charge in [0.25, 0.3) is 5.91 Å². The Labute approximate surface area is 216 Å². The van der Waals surface area contributed by atoms with Crippen LogP contribution in [0.25, 0.3) is 21.8 Å². The zero-order valence-electron chi connectivity index (χ0n) is 19.1. The van der Waals surface area contributed by atoms with Gasteiger partial charge in [-0.05, 0) is 66.1 Å². The average molecular weight is 520 g/mol. The lowest BCUT2D eigenvalue weighted by atomic mass is 9.96. The largest absolute Gasteiger partial charge is 0.364 e. The molecule has 0 radical (unpaired) electrons. The fraction of sp³-hybridized carbons (Fsp3) is 0.143. The minimum atomic E-state index is -0.564. The van der Waals surface area contributed by atoms with Crippen molar-refractivity contribution in [3.63, 3.8) is 0 Å². The first-order valence-corrected chi connectivity index (χ1v) is 12.2. The third-order valence-corrected chi connectivity index (χ3v) is 7.15. The number of fused-ring (bicyclic) bond motifs is 3. The molecule has 5 aromatic rings. The van der Waals surface area contributed by atoms with Crippen molar-refractivity contribution in [3.05, 3.63) is 111 Å². The third-order valence-electron chi connectivity index (χ3n) is 6.63. The summed E-state index contributed by atoms with van der Waals surface area (Å²) >= 11 is 12.3. The summed E-state index contributed by atoms with van der Waals surface area (Å²) in [6, 6.07) is 15.8. The highest BCUT2D eigenvalue weighted by molar-refractivity contribution is 6.35. The number of carbonyl (C=O) groups is 1. The van der Waals surface area contributed by atoms with Gasteiger partial charge >= 0.3 is 0 Å². The van der Waals surface area contributed by atoms with Crippen LogP contribution in [0.3, 0.4) is 0 Å². The summed E-state index contributed by atoms with van der Waals surface area (Å²) in [5.74, 6) is -0.716. The number of nitrogens with one attached hydrogen (secondary N) is 2. The van der Waals surface area contributed by atoms with Crippen LogP contribution in [0.5, 0.6) is 0 Å². The van der Waals surface area contributed by atoms with Crippen LogP contribution in [0.2, 0.25) is 10.0 Å². The van der Waals surface area contributed by atoms with E-state index >= 15 is 0 Å². The second kappa shape index (κ2) is 8.89. The maximum Gasteiger partial charge on any atom is 0.251 e. The molecule has 0 aliphatic carbocycles. The number of carbonyl (C=O) groups excluding carboxylic acids is 1. The van der Waals surface area contributed by atoms with Crippen molar-refractivity contribution in [2.24, 2.45) is 0 Å². The van der Waals surface area contributed by atoms with E-state index in [9.17, 15) is 9.18 Å². The van der Waals surface area contributed by atoms with Crippen LogP contribution in [-0.4, -0.2) is 15.9 Å². The summed E-state index contributed by atoms with van der Waals surface area (Å²) in [6.07, 6.45) is 2.92. The van der Waals surface area contributed by atoms with Crippen molar-refractivity contribution < 1.29 is 13.9 Å². The number of nitrogens with zero attached hydrogens (tertiary/aromatic N) is 1. The Morgan fingerprint density at radius 1 is 1.17 bits per heavy atom. The van der Waals surface area contributed by atoms with E-state index in [-0.39, 0.29) is 12.0 Å². The fourth-order valence-electron chi connectivity index (χ4n) is 4.75. The van der Waals surface area contributed by atoms with Crippen LogP contribution < -0.4 is 5.32 Å². The molecule has 2 N–H and O–H groups in total. The first-order chi connectivity index (χ1) is 17.4. The molecule has 2 aromatic heterocycles. The molecule has 0 bridgehead atoms. The molecular formula is C28H20Cl2FN3O2. The van der Waals surface area contributed by atoms with Gasteiger partial charge in [0, 0.05) is 39.8 Å². The van der Waals surface area contributed by atoms with Crippen LogP contribution in [0.1, 0.15) is 51.7 Å². The quantitative estimate of drug-likeness (QED) is 0.262. The molecular weight excluding hydrogens is 500 g/mol. The number of aromatic amines is 1. The molecule has 0 spiro atoms. The van der Waals surface area contributed by atoms with E-state index in [2.05, 4.69) is 15.3 Å². The normalized spacial score (nSPS) is 15.8. The first kappa shape index (κ1) is 23.0. The van der Waals surface area contributed by atoms with Gasteiger partial charge in [-0.25, -0.2) is 4.39 Å². The number of benzene rings is 3. The van der Waals surface area contributed by atoms with Crippen molar-refractivity contribution >= 4 is 50.9 Å². The third kappa shape index (κ3) is 4.01. The second-order valence-corrected chi connectivity index (χ2v) is 9.81. The average Bonchev–Trinajstić information content (AvgIpc) is 3.45. The Bertz CT molecular complexity index is 1670. The molecule has 8 heteroatoms. The van der Waals surface area contributed by atoms with E-state index in [1.165, 1.54) is 6.07 Å². The van der Waals surface area contributed by atoms with Gasteiger partial charge < -0.3 is 15.0 Å². The molecule has 0 saturated heterocycles. The zero-order chi connectivity index (χ0) is 25.0. The lowest BCUT2D eigenvalue weighted by molar-refractivity contribution is 0.0931. The van der Waals surface area contributed by atoms with E-state index in [1.54, 1.807) is 31.5 Å². The molecule has 6 rings (SSSR count). The number of hydrogen-bond donors (Lipinski definition) is 2. The first-order valence-electron chi connectivity index (χ1n) is 11.4. The molecule has 0 saturated carbocycles. The van der Waals surface area contributed by atoms with E-state index < -0.39 is 11.9 Å². The van der Waals surface area contributed by atoms with Crippen molar-refractivity contribution in [1.29, 1.82) is 0 Å². The highest BCUT2D eigenvalue weighted by atomic mass is 35.5. The summed E-state index contributed by atoms with van der Waals surface area (Å²) in [5.41, 5.74) is 5.19. The minimum Gasteiger partial charge on any atom is -0.364 e. The molecule has 36 heavy (non-hydrogen) atoms. The Morgan fingerprint density at radius 2 is 2.03 bits per heavy atom. The molecule has 5 nitrogen and oxygen atoms in total. The van der Waals surface area contributed by atoms with Crippen molar-refractivity contribution in [3.8, 4) is 0 Å². The van der Waals surface area contributed by atoms with E-state index in [0.717, 1.165) is 27.6 Å². The number of ether oxygens (including phenoxy) is 1. The lowest BCUT2D eigenvalue weighted by Crippen LogP contribution is -2.27. The summed E-state index contributed by atoms with van der Waals surface area (Å²) in [7, 11) is 0. The predicted molar refractivity (Wildman–Crippen MR) is 139 cm³/mol. The molecule has 1 aliphatic heterocycles. The molecule has 3 aromatic carbocycles. The van der Waals surface area contributed by atoms with Crippen LogP contribution in [0.15, 0.2) is 67.0 Å². The Morgan fingerprint density at radius 3 is 2.89 bits per heavy atom. The molecule has 2 unspecified atom stereocenters. The standard InChI is InChI=1S/C28H20Cl2FN3O2/c1-14(20-9-22-23(30)12-33-26(22)10-24(20)31)34-28(35)16-2-3-17-13-36-27(21(17)8-16)15-4-5-25-18(6-15)7-19(29)11-32-25/h2-12,14,27,33H,13H2,1H3,(H,34,35). The number of hydrogen-bond acceptors (Lipinski definition) is 3. The summed E-state index contributed by atoms with van der Waals surface area (Å²) in [4.78, 5) is 20.4. The van der Waals surface area contributed by atoms with Crippen LogP contribution in [-0.2, 0) is 11.3 Å². The predicted octanol–water partition coefficient (Wildman–Crippen LogP) is 7.27. The summed E-state index contributed by atoms with van der Waals surface area (Å²) in [5, 5.41) is 5.60. The smallest absolute Gasteiger partial charge is 0.251 e. The van der Waals surface area contributed by atoms with Gasteiger partial charge in [0.05, 0.1) is 28.2 Å². The Hall–Kier alpha value is -3.45. The van der Waals surface area contributed by atoms with Gasteiger partial charge in [0.2, 0.25) is 0 Å². The minimum absolute atomic E-state index is 0.301. The maximum absolute atomic E-state index is 14.7. The number of rotatable bonds is 4. The molecule has 180 valence electrons. The number of halogens is 3. The zero-order valence-corrected chi connectivity index (χ0v) is 20.6. The topological polar surface area (TPSA) is 67.0 Å². The van der Waals surface area contributed by atoms with Crippen molar-refractivity contribution in [1.82, 2.24) is 15.3 Å². The van der Waals surface area contributed by atoms with Gasteiger partial charge in [-0.15, -0.1) is 0 Å². The van der Waals surface area contributed by atoms with Gasteiger partial charge in [0.1, 0.15) is 11.9 Å². The van der Waals surface area contributed by atoms with E-state index in [0.29, 0.717) is 38.7 Å². The van der Waals surface area contributed by atoms with E-state index in [4.69, 9.17) is 27.9 Å². The van der Waals surface area contributed by atoms with Gasteiger partial charge in [-0.1, -0.05) is 35.3 Å². The Balaban J connectivity index is 1.27. The molecule has 0 fully saturated rings. The fourth-order valence-corrected chi connectivity index (χ4v) is 5.13. The Kier molecular flexibility index (Phi) is 5.67. The molecule has 3 heterocycles. The highest BCUT2D eigenvalue weighted by Crippen LogP contribution is 2.37. The van der Waals surface area contributed by atoms with Crippen molar-refractivity contribution in [2.45, 2.75) is 25.7 Å². The number of H-pyrrole nitrogens is 1. The van der Waals surface area contributed by atoms with Crippen LogP contribution in [0.4, 0.5) is 4.39 Å². The summed E-state index contributed by atoms with van der Waals surface area (Å²) < 4.78 is 20.8. The van der Waals surface area contributed by atoms with E-state index in [1.807, 2.05) is 36.4 Å². The van der Waals surface area contributed by atoms with Crippen LogP contribution >= 0.6 is 23.2 Å². The lowest BCUT2D eigenvalue weighted by Gasteiger charge is -2.17. The maximum atomic E-state index is 14.7. The number of aromatic nitrogens is 2. The summed E-state index contributed by atoms with van der Waals surface area (Å²) in [6.45, 7) is 2.20. The molecule has 1 amide bonds. The molecule has 2 atom stereocenters. The number of amides is 1. The molecule has 1 aliphatic rings. The SMILES string of the molecule is CC(NC(=O)c1ccc2c(c1)C(c1ccc3ncc(Cl)cc3c1)OC2)c1cc2c(Cl)c[nH]c2cc1F. The highest BCUT2D eigenvalue weighted by Gasteiger charge is 2.27. The van der Waals surface area contributed by atoms with Gasteiger partial charge in [-0.2, -0.15) is 0 Å². The van der Waals surface area contributed by atoms with Crippen LogP contribution in [0, 0.1) is 5.82 Å². The second-order valence-electron chi connectivity index (χ2n) is 8.96. The van der Waals surface area contributed by atoms with Crippen molar-refractivity contribution in [2.75, 3.05) is 0 Å².